The zero-order valence-corrected chi connectivity index (χ0v) is 29.6. The van der Waals surface area contributed by atoms with Crippen LogP contribution in [0.25, 0.3) is 33.6 Å². The minimum atomic E-state index is -0.801. The molecule has 8 aromatic rings. The zero-order valence-electron chi connectivity index (χ0n) is 29.6. The lowest BCUT2D eigenvalue weighted by Crippen LogP contribution is -2.25. The number of aromatic nitrogens is 3. The summed E-state index contributed by atoms with van der Waals surface area (Å²) in [5, 5.41) is 2.93. The quantitative estimate of drug-likeness (QED) is 0.167. The molecular formula is C45H21N5O8. The Hall–Kier alpha value is -8.45. The summed E-state index contributed by atoms with van der Waals surface area (Å²) >= 11 is 0. The number of nitrogens with one attached hydrogen (secondary N) is 2. The van der Waals surface area contributed by atoms with Gasteiger partial charge >= 0.3 is 0 Å². The molecule has 6 aromatic carbocycles. The second kappa shape index (κ2) is 11.5. The second-order valence-corrected chi connectivity index (χ2v) is 14.1. The van der Waals surface area contributed by atoms with Gasteiger partial charge in [-0.3, -0.25) is 33.6 Å². The van der Waals surface area contributed by atoms with Crippen LogP contribution in [0.3, 0.4) is 0 Å². The number of H-pyrrole nitrogens is 1. The highest BCUT2D eigenvalue weighted by atomic mass is 16.3. The third kappa shape index (κ3) is 4.37. The predicted molar refractivity (Wildman–Crippen MR) is 209 cm³/mol. The molecule has 58 heavy (non-hydrogen) atoms. The molecule has 3 aliphatic carbocycles. The van der Waals surface area contributed by atoms with Crippen molar-refractivity contribution in [2.24, 2.45) is 0 Å². The number of benzene rings is 6. The summed E-state index contributed by atoms with van der Waals surface area (Å²) in [5.41, 5.74) is 7.72. The predicted octanol–water partition coefficient (Wildman–Crippen LogP) is 6.38. The van der Waals surface area contributed by atoms with Crippen LogP contribution in [-0.4, -0.2) is 49.7 Å². The van der Waals surface area contributed by atoms with E-state index < -0.39 is 22.9 Å². The van der Waals surface area contributed by atoms with E-state index in [0.717, 1.165) is 0 Å². The fourth-order valence-corrected chi connectivity index (χ4v) is 8.18. The summed E-state index contributed by atoms with van der Waals surface area (Å²) in [5.74, 6) is -3.07. The van der Waals surface area contributed by atoms with E-state index in [1.54, 1.807) is 60.7 Å². The number of carbonyl (C=O) groups is 6. The van der Waals surface area contributed by atoms with E-state index in [2.05, 4.69) is 20.3 Å². The lowest BCUT2D eigenvalue weighted by molar-refractivity contribution is 0.0979. The number of carbonyl (C=O) groups excluding carboxylic acids is 6. The lowest BCUT2D eigenvalue weighted by Gasteiger charge is -2.23. The lowest BCUT2D eigenvalue weighted by atomic mass is 9.81. The van der Waals surface area contributed by atoms with Crippen LogP contribution >= 0.6 is 0 Å². The topological polar surface area (TPSA) is 212 Å². The molecule has 0 bridgehead atoms. The van der Waals surface area contributed by atoms with Crippen LogP contribution < -0.4 is 16.6 Å². The van der Waals surface area contributed by atoms with Gasteiger partial charge in [0, 0.05) is 50.1 Å². The highest BCUT2D eigenvalue weighted by Gasteiger charge is 2.37. The van der Waals surface area contributed by atoms with Crippen LogP contribution in [0.1, 0.15) is 95.5 Å². The monoisotopic (exact) mass is 759 g/mol. The molecule has 0 radical (unpaired) electrons. The smallest absolute Gasteiger partial charge is 0.291 e. The molecule has 0 fully saturated rings. The number of aromatic amines is 1. The normalized spacial score (nSPS) is 13.9. The summed E-state index contributed by atoms with van der Waals surface area (Å²) in [6.07, 6.45) is 0. The number of hydrogen-bond acceptors (Lipinski definition) is 12. The molecule has 13 nitrogen and oxygen atoms in total. The van der Waals surface area contributed by atoms with Crippen LogP contribution in [0.5, 0.6) is 0 Å². The molecule has 4 N–H and O–H groups in total. The van der Waals surface area contributed by atoms with Gasteiger partial charge in [-0.2, -0.15) is 0 Å². The Morgan fingerprint density at radius 3 is 1.60 bits per heavy atom. The molecule has 2 heterocycles. The van der Waals surface area contributed by atoms with Crippen LogP contribution in [0.15, 0.2) is 112 Å². The van der Waals surface area contributed by atoms with Crippen LogP contribution in [0, 0.1) is 0 Å². The first-order chi connectivity index (χ1) is 28.1. The highest BCUT2D eigenvalue weighted by molar-refractivity contribution is 6.34. The average molecular weight is 760 g/mol. The third-order valence-electron chi connectivity index (χ3n) is 10.9. The Morgan fingerprint density at radius 1 is 0.483 bits per heavy atom. The highest BCUT2D eigenvalue weighted by Crippen LogP contribution is 2.43. The number of fused-ring (bicyclic) bond motifs is 9. The number of nitrogen functional groups attached to an aromatic ring is 1. The van der Waals surface area contributed by atoms with Crippen molar-refractivity contribution >= 4 is 74.0 Å². The number of ketones is 6. The fraction of sp³-hybridized carbons (Fsp3) is 0. The molecule has 11 rings (SSSR count). The van der Waals surface area contributed by atoms with Crippen molar-refractivity contribution in [3.05, 3.63) is 180 Å². The number of anilines is 3. The minimum absolute atomic E-state index is 0.00630. The van der Waals surface area contributed by atoms with Crippen molar-refractivity contribution in [1.29, 1.82) is 0 Å². The average Bonchev–Trinajstić information content (AvgIpc) is 3.66. The SMILES string of the molecule is Nc1c(-c2nc3cc4c(cc3o2)C(=O)c2ccccc2C4=O)cc(Nc2nc3ccc4c(c3[nH]c2=O)C(=O)c2ccccc2C4=O)c2c1C(=O)c1ccccc1C2=O. The van der Waals surface area contributed by atoms with E-state index in [-0.39, 0.29) is 135 Å². The fourth-order valence-electron chi connectivity index (χ4n) is 8.18. The Bertz CT molecular complexity index is 3360. The standard InChI is InChI=1S/C45H21N5O8/c46-35-27(45-49-29-15-25-26(17-31(29)58-45)39(53)19-8-2-1-7-18(19)38(25)52)16-30(33-34(35)42(56)23-12-6-5-11-22(23)41(33)55)48-43-44(57)50-36-28(47-43)14-13-24-32(36)40(54)21-10-4-3-9-20(21)37(24)51/h1-17H,46H2,(H,47,48)(H,50,57). The summed E-state index contributed by atoms with van der Waals surface area (Å²) in [6, 6.07) is 26.4. The maximum absolute atomic E-state index is 14.2. The van der Waals surface area contributed by atoms with E-state index in [1.807, 2.05) is 0 Å². The summed E-state index contributed by atoms with van der Waals surface area (Å²) in [4.78, 5) is 108. The zero-order chi connectivity index (χ0) is 39.7. The Kier molecular flexibility index (Phi) is 6.55. The summed E-state index contributed by atoms with van der Waals surface area (Å²) in [6.45, 7) is 0. The number of hydrogen-bond donors (Lipinski definition) is 3. The molecule has 0 saturated carbocycles. The largest absolute Gasteiger partial charge is 0.436 e. The van der Waals surface area contributed by atoms with E-state index in [9.17, 15) is 33.6 Å². The maximum Gasteiger partial charge on any atom is 0.291 e. The first kappa shape index (κ1) is 32.9. The molecule has 0 spiro atoms. The molecule has 0 amide bonds. The molecule has 0 saturated heterocycles. The maximum atomic E-state index is 14.2. The number of nitrogens with two attached hydrogens (primary N) is 1. The summed E-state index contributed by atoms with van der Waals surface area (Å²) < 4.78 is 6.16. The van der Waals surface area contributed by atoms with Crippen LogP contribution in [0.4, 0.5) is 17.2 Å². The van der Waals surface area contributed by atoms with Gasteiger partial charge < -0.3 is 20.5 Å². The van der Waals surface area contributed by atoms with Crippen LogP contribution in [0.2, 0.25) is 0 Å². The summed E-state index contributed by atoms with van der Waals surface area (Å²) in [7, 11) is 0. The van der Waals surface area contributed by atoms with Crippen molar-refractivity contribution in [3.8, 4) is 11.5 Å². The van der Waals surface area contributed by atoms with Gasteiger partial charge in [0.05, 0.1) is 44.7 Å². The Morgan fingerprint density at radius 2 is 1.00 bits per heavy atom. The van der Waals surface area contributed by atoms with Crippen molar-refractivity contribution in [2.75, 3.05) is 11.1 Å². The number of nitrogens with zero attached hydrogens (tertiary/aromatic N) is 2. The molecule has 2 aromatic heterocycles. The molecule has 13 heteroatoms. The van der Waals surface area contributed by atoms with Gasteiger partial charge in [0.1, 0.15) is 5.52 Å². The van der Waals surface area contributed by atoms with Crippen molar-refractivity contribution < 1.29 is 33.2 Å². The van der Waals surface area contributed by atoms with E-state index in [4.69, 9.17) is 10.2 Å². The van der Waals surface area contributed by atoms with Gasteiger partial charge in [0.15, 0.2) is 46.1 Å². The van der Waals surface area contributed by atoms with Gasteiger partial charge in [0.2, 0.25) is 5.89 Å². The van der Waals surface area contributed by atoms with Crippen LogP contribution in [-0.2, 0) is 0 Å². The van der Waals surface area contributed by atoms with E-state index >= 15 is 0 Å². The second-order valence-electron chi connectivity index (χ2n) is 14.1. The molecule has 274 valence electrons. The molecular weight excluding hydrogens is 739 g/mol. The minimum Gasteiger partial charge on any atom is -0.436 e. The van der Waals surface area contributed by atoms with Gasteiger partial charge in [-0.25, -0.2) is 9.97 Å². The van der Waals surface area contributed by atoms with Gasteiger partial charge in [-0.1, -0.05) is 72.8 Å². The first-order valence-corrected chi connectivity index (χ1v) is 17.9. The third-order valence-corrected chi connectivity index (χ3v) is 10.9. The molecule has 0 aliphatic heterocycles. The first-order valence-electron chi connectivity index (χ1n) is 17.9. The van der Waals surface area contributed by atoms with Gasteiger partial charge in [-0.05, 0) is 30.3 Å². The molecule has 0 unspecified atom stereocenters. The van der Waals surface area contributed by atoms with Gasteiger partial charge in [0.25, 0.3) is 5.56 Å². The van der Waals surface area contributed by atoms with E-state index in [0.29, 0.717) is 0 Å². The van der Waals surface area contributed by atoms with Gasteiger partial charge in [-0.15, -0.1) is 0 Å². The molecule has 3 aliphatic rings. The molecule has 0 atom stereocenters. The van der Waals surface area contributed by atoms with Crippen molar-refractivity contribution in [3.63, 3.8) is 0 Å². The number of oxazole rings is 1. The van der Waals surface area contributed by atoms with Crippen molar-refractivity contribution in [1.82, 2.24) is 15.0 Å². The Labute approximate surface area is 324 Å². The van der Waals surface area contributed by atoms with Crippen molar-refractivity contribution in [2.45, 2.75) is 0 Å². The number of rotatable bonds is 3. The Balaban J connectivity index is 1.08. The van der Waals surface area contributed by atoms with E-state index in [1.165, 1.54) is 42.5 Å².